The Kier molecular flexibility index (Phi) is 3.29. The van der Waals surface area contributed by atoms with Gasteiger partial charge in [-0.25, -0.2) is 4.79 Å². The molecule has 1 heterocycles. The molecule has 3 heteroatoms. The van der Waals surface area contributed by atoms with Crippen molar-refractivity contribution in [2.75, 3.05) is 13.7 Å². The number of carbonyl (C=O) groups excluding carboxylic acids is 1. The van der Waals surface area contributed by atoms with Gasteiger partial charge in [0.1, 0.15) is 0 Å². The van der Waals surface area contributed by atoms with E-state index in [0.717, 1.165) is 18.4 Å². The minimum Gasteiger partial charge on any atom is -0.466 e. The lowest BCUT2D eigenvalue weighted by Gasteiger charge is -2.20. The first kappa shape index (κ1) is 9.26. The Bertz CT molecular complexity index is 199. The lowest BCUT2D eigenvalue weighted by atomic mass is 10.0. The van der Waals surface area contributed by atoms with Gasteiger partial charge in [0.15, 0.2) is 0 Å². The fraction of sp³-hybridized carbons (Fsp3) is 0.667. The van der Waals surface area contributed by atoms with Crippen LogP contribution in [0, 0.1) is 0 Å². The number of hydrogen-bond donors (Lipinski definition) is 1. The molecule has 0 aromatic heterocycles. The van der Waals surface area contributed by atoms with Gasteiger partial charge in [0.05, 0.1) is 7.11 Å². The van der Waals surface area contributed by atoms with Crippen LogP contribution in [0.2, 0.25) is 0 Å². The minimum atomic E-state index is -0.211. The summed E-state index contributed by atoms with van der Waals surface area (Å²) in [5.41, 5.74) is 0.752. The molecule has 12 heavy (non-hydrogen) atoms. The molecule has 0 bridgehead atoms. The first-order valence-corrected chi connectivity index (χ1v) is 4.28. The second-order valence-corrected chi connectivity index (χ2v) is 2.94. The quantitative estimate of drug-likeness (QED) is 0.623. The van der Waals surface area contributed by atoms with E-state index in [1.54, 1.807) is 0 Å². The Morgan fingerprint density at radius 1 is 1.83 bits per heavy atom. The van der Waals surface area contributed by atoms with Gasteiger partial charge in [-0.05, 0) is 12.8 Å². The highest BCUT2D eigenvalue weighted by molar-refractivity contribution is 5.88. The Hall–Kier alpha value is -0.830. The summed E-state index contributed by atoms with van der Waals surface area (Å²) in [7, 11) is 1.41. The monoisotopic (exact) mass is 169 g/mol. The molecule has 1 N–H and O–H groups in total. The fourth-order valence-corrected chi connectivity index (χ4v) is 1.29. The zero-order chi connectivity index (χ0) is 8.97. The number of hydrogen-bond acceptors (Lipinski definition) is 3. The normalized spacial score (nSPS) is 23.2. The standard InChI is InChI=1S/C9H15NO2/c1-3-8-5-4-7(6-10-8)9(11)12-2/h4,8,10H,3,5-6H2,1-2H3. The van der Waals surface area contributed by atoms with E-state index in [0.29, 0.717) is 12.6 Å². The summed E-state index contributed by atoms with van der Waals surface area (Å²) in [6.07, 6.45) is 4.00. The highest BCUT2D eigenvalue weighted by Crippen LogP contribution is 2.09. The van der Waals surface area contributed by atoms with Crippen LogP contribution in [0.3, 0.4) is 0 Å². The first-order valence-electron chi connectivity index (χ1n) is 4.28. The number of carbonyl (C=O) groups is 1. The van der Waals surface area contributed by atoms with E-state index in [9.17, 15) is 4.79 Å². The van der Waals surface area contributed by atoms with Gasteiger partial charge in [-0.15, -0.1) is 0 Å². The molecule has 0 saturated carbocycles. The SMILES string of the molecule is CCC1CC=C(C(=O)OC)CN1. The van der Waals surface area contributed by atoms with Crippen LogP contribution in [-0.2, 0) is 9.53 Å². The summed E-state index contributed by atoms with van der Waals surface area (Å²) in [4.78, 5) is 11.0. The van der Waals surface area contributed by atoms with Crippen molar-refractivity contribution >= 4 is 5.97 Å². The summed E-state index contributed by atoms with van der Waals surface area (Å²) < 4.78 is 4.61. The molecule has 0 radical (unpaired) electrons. The van der Waals surface area contributed by atoms with E-state index in [1.807, 2.05) is 6.08 Å². The van der Waals surface area contributed by atoms with E-state index in [2.05, 4.69) is 17.0 Å². The maximum absolute atomic E-state index is 11.0. The number of nitrogens with one attached hydrogen (secondary N) is 1. The molecule has 1 aliphatic heterocycles. The molecule has 68 valence electrons. The Morgan fingerprint density at radius 2 is 2.58 bits per heavy atom. The molecule has 0 aromatic carbocycles. The van der Waals surface area contributed by atoms with Gasteiger partial charge in [0, 0.05) is 18.2 Å². The Balaban J connectivity index is 2.49. The molecule has 0 spiro atoms. The van der Waals surface area contributed by atoms with Crippen molar-refractivity contribution in [1.29, 1.82) is 0 Å². The third-order valence-corrected chi connectivity index (χ3v) is 2.17. The third-order valence-electron chi connectivity index (χ3n) is 2.17. The molecule has 1 rings (SSSR count). The van der Waals surface area contributed by atoms with E-state index in [4.69, 9.17) is 0 Å². The topological polar surface area (TPSA) is 38.3 Å². The number of esters is 1. The van der Waals surface area contributed by atoms with Crippen molar-refractivity contribution in [3.05, 3.63) is 11.6 Å². The molecular weight excluding hydrogens is 154 g/mol. The highest BCUT2D eigenvalue weighted by Gasteiger charge is 2.16. The summed E-state index contributed by atoms with van der Waals surface area (Å²) >= 11 is 0. The summed E-state index contributed by atoms with van der Waals surface area (Å²) in [5.74, 6) is -0.211. The van der Waals surface area contributed by atoms with Crippen molar-refractivity contribution in [2.45, 2.75) is 25.8 Å². The second kappa shape index (κ2) is 4.26. The zero-order valence-corrected chi connectivity index (χ0v) is 7.59. The number of rotatable bonds is 2. The minimum absolute atomic E-state index is 0.211. The molecule has 1 unspecified atom stereocenters. The van der Waals surface area contributed by atoms with E-state index >= 15 is 0 Å². The van der Waals surface area contributed by atoms with Crippen LogP contribution in [0.15, 0.2) is 11.6 Å². The molecule has 1 atom stereocenters. The number of ether oxygens (including phenoxy) is 1. The van der Waals surface area contributed by atoms with Crippen LogP contribution in [0.1, 0.15) is 19.8 Å². The van der Waals surface area contributed by atoms with Gasteiger partial charge in [-0.2, -0.15) is 0 Å². The van der Waals surface area contributed by atoms with Crippen LogP contribution in [-0.4, -0.2) is 25.7 Å². The maximum Gasteiger partial charge on any atom is 0.334 e. The van der Waals surface area contributed by atoms with Gasteiger partial charge in [-0.1, -0.05) is 13.0 Å². The maximum atomic E-state index is 11.0. The van der Waals surface area contributed by atoms with Crippen molar-refractivity contribution in [3.63, 3.8) is 0 Å². The average molecular weight is 169 g/mol. The highest BCUT2D eigenvalue weighted by atomic mass is 16.5. The van der Waals surface area contributed by atoms with Gasteiger partial charge >= 0.3 is 5.97 Å². The lowest BCUT2D eigenvalue weighted by molar-refractivity contribution is -0.136. The molecule has 3 nitrogen and oxygen atoms in total. The number of methoxy groups -OCH3 is 1. The van der Waals surface area contributed by atoms with Gasteiger partial charge < -0.3 is 10.1 Å². The molecule has 0 amide bonds. The van der Waals surface area contributed by atoms with E-state index < -0.39 is 0 Å². The van der Waals surface area contributed by atoms with Gasteiger partial charge in [-0.3, -0.25) is 0 Å². The third kappa shape index (κ3) is 2.08. The van der Waals surface area contributed by atoms with E-state index in [1.165, 1.54) is 7.11 Å². The molecule has 0 aliphatic carbocycles. The Morgan fingerprint density at radius 3 is 3.00 bits per heavy atom. The molecule has 0 aromatic rings. The summed E-state index contributed by atoms with van der Waals surface area (Å²) in [6.45, 7) is 2.78. The van der Waals surface area contributed by atoms with Crippen molar-refractivity contribution in [2.24, 2.45) is 0 Å². The summed E-state index contributed by atoms with van der Waals surface area (Å²) in [5, 5.41) is 3.26. The van der Waals surface area contributed by atoms with Crippen molar-refractivity contribution in [1.82, 2.24) is 5.32 Å². The van der Waals surface area contributed by atoms with Crippen LogP contribution < -0.4 is 5.32 Å². The van der Waals surface area contributed by atoms with Crippen LogP contribution in [0.25, 0.3) is 0 Å². The summed E-state index contributed by atoms with van der Waals surface area (Å²) in [6, 6.07) is 0.526. The predicted molar refractivity (Wildman–Crippen MR) is 46.8 cm³/mol. The van der Waals surface area contributed by atoms with Gasteiger partial charge in [0.25, 0.3) is 0 Å². The molecular formula is C9H15NO2. The molecule has 0 saturated heterocycles. The smallest absolute Gasteiger partial charge is 0.334 e. The van der Waals surface area contributed by atoms with Crippen molar-refractivity contribution < 1.29 is 9.53 Å². The Labute approximate surface area is 72.8 Å². The van der Waals surface area contributed by atoms with Crippen LogP contribution in [0.4, 0.5) is 0 Å². The second-order valence-electron chi connectivity index (χ2n) is 2.94. The predicted octanol–water partition coefficient (Wildman–Crippen LogP) is 0.858. The van der Waals surface area contributed by atoms with Crippen LogP contribution in [0.5, 0.6) is 0 Å². The fourth-order valence-electron chi connectivity index (χ4n) is 1.29. The van der Waals surface area contributed by atoms with Gasteiger partial charge in [0.2, 0.25) is 0 Å². The average Bonchev–Trinajstić information content (AvgIpc) is 2.17. The van der Waals surface area contributed by atoms with E-state index in [-0.39, 0.29) is 5.97 Å². The molecule has 0 fully saturated rings. The first-order chi connectivity index (χ1) is 5.77. The largest absolute Gasteiger partial charge is 0.466 e. The molecule has 1 aliphatic rings. The van der Waals surface area contributed by atoms with Crippen LogP contribution >= 0.6 is 0 Å². The lowest BCUT2D eigenvalue weighted by Crippen LogP contribution is -2.35. The van der Waals surface area contributed by atoms with Crippen molar-refractivity contribution in [3.8, 4) is 0 Å². The zero-order valence-electron chi connectivity index (χ0n) is 7.59.